The van der Waals surface area contributed by atoms with Gasteiger partial charge in [-0.05, 0) is 13.3 Å². The van der Waals surface area contributed by atoms with Gasteiger partial charge in [-0.2, -0.15) is 10.5 Å². The minimum Gasteiger partial charge on any atom is -0.310 e. The van der Waals surface area contributed by atoms with Crippen LogP contribution in [0.15, 0.2) is 0 Å². The van der Waals surface area contributed by atoms with E-state index in [9.17, 15) is 4.79 Å². The van der Waals surface area contributed by atoms with Crippen molar-refractivity contribution < 1.29 is 9.28 Å². The second-order valence-electron chi connectivity index (χ2n) is 10.5. The van der Waals surface area contributed by atoms with Crippen molar-refractivity contribution in [1.82, 2.24) is 10.6 Å². The predicted molar refractivity (Wildman–Crippen MR) is 151 cm³/mol. The van der Waals surface area contributed by atoms with E-state index >= 15 is 0 Å². The molecule has 0 fully saturated rings. The lowest BCUT2D eigenvalue weighted by atomic mass is 10.0. The number of rotatable bonds is 26. The van der Waals surface area contributed by atoms with E-state index in [2.05, 4.69) is 43.5 Å². The normalized spacial score (nSPS) is 13.5. The zero-order chi connectivity index (χ0) is 26.7. The molecule has 2 unspecified atom stereocenters. The molecule has 1 amide bonds. The number of nitrogens with one attached hydrogen (secondary N) is 2. The van der Waals surface area contributed by atoms with E-state index in [0.29, 0.717) is 30.3 Å². The lowest BCUT2D eigenvalue weighted by Crippen LogP contribution is -2.63. The molecule has 0 aliphatic heterocycles. The first-order valence-electron chi connectivity index (χ1n) is 15.2. The van der Waals surface area contributed by atoms with E-state index in [0.717, 1.165) is 39.0 Å². The van der Waals surface area contributed by atoms with Gasteiger partial charge in [-0.1, -0.05) is 96.8 Å². The molecule has 0 spiro atoms. The molecule has 0 aliphatic carbocycles. The molecule has 0 saturated carbocycles. The average Bonchev–Trinajstić information content (AvgIpc) is 2.88. The van der Waals surface area contributed by atoms with Crippen LogP contribution >= 0.6 is 0 Å². The Balaban J connectivity index is 3.96. The first-order valence-corrected chi connectivity index (χ1v) is 15.2. The number of nitrogens with zero attached hydrogens (tertiary/aromatic N) is 3. The van der Waals surface area contributed by atoms with Crippen LogP contribution in [0.3, 0.4) is 0 Å². The molecule has 6 heteroatoms. The van der Waals surface area contributed by atoms with Crippen LogP contribution in [0, 0.1) is 22.7 Å². The molecule has 0 aromatic carbocycles. The van der Waals surface area contributed by atoms with Crippen LogP contribution in [0.1, 0.15) is 136 Å². The van der Waals surface area contributed by atoms with Gasteiger partial charge in [-0.15, -0.1) is 0 Å². The fourth-order valence-electron chi connectivity index (χ4n) is 5.03. The lowest BCUT2D eigenvalue weighted by molar-refractivity contribution is -0.948. The number of unbranched alkanes of at least 4 members (excludes halogenated alkanes) is 14. The number of carbonyl (C=O) groups excluding carboxylic acids is 1. The second-order valence-corrected chi connectivity index (χ2v) is 10.5. The van der Waals surface area contributed by atoms with Gasteiger partial charge in [-0.3, -0.25) is 4.79 Å². The number of amides is 1. The fourth-order valence-corrected chi connectivity index (χ4v) is 5.03. The summed E-state index contributed by atoms with van der Waals surface area (Å²) in [7, 11) is 0. The van der Waals surface area contributed by atoms with Crippen molar-refractivity contribution in [3.8, 4) is 12.1 Å². The van der Waals surface area contributed by atoms with Crippen LogP contribution in [-0.2, 0) is 4.79 Å². The summed E-state index contributed by atoms with van der Waals surface area (Å²) in [5, 5.41) is 24.4. The van der Waals surface area contributed by atoms with Gasteiger partial charge < -0.3 is 15.1 Å². The van der Waals surface area contributed by atoms with E-state index in [1.807, 2.05) is 0 Å². The van der Waals surface area contributed by atoms with Crippen LogP contribution in [0.5, 0.6) is 0 Å². The summed E-state index contributed by atoms with van der Waals surface area (Å²) in [6.45, 7) is 10.4. The molecule has 0 bridgehead atoms. The van der Waals surface area contributed by atoms with Gasteiger partial charge in [0.2, 0.25) is 5.91 Å². The van der Waals surface area contributed by atoms with E-state index < -0.39 is 0 Å². The van der Waals surface area contributed by atoms with Gasteiger partial charge in [0, 0.05) is 32.9 Å². The molecule has 0 radical (unpaired) electrons. The monoisotopic (exact) mass is 504 g/mol. The van der Waals surface area contributed by atoms with E-state index in [1.165, 1.54) is 83.5 Å². The van der Waals surface area contributed by atoms with Crippen molar-refractivity contribution >= 4 is 5.91 Å². The minimum atomic E-state index is -0.0232. The number of hydrogen-bond acceptors (Lipinski definition) is 4. The second kappa shape index (κ2) is 25.0. The van der Waals surface area contributed by atoms with Crippen LogP contribution in [0.2, 0.25) is 0 Å². The van der Waals surface area contributed by atoms with Gasteiger partial charge in [-0.25, -0.2) is 0 Å². The number of quaternary nitrogens is 1. The summed E-state index contributed by atoms with van der Waals surface area (Å²) in [5.41, 5.74) is 0. The first-order chi connectivity index (χ1) is 17.6. The van der Waals surface area contributed by atoms with Crippen molar-refractivity contribution in [1.29, 1.82) is 10.5 Å². The van der Waals surface area contributed by atoms with E-state index in [4.69, 9.17) is 10.5 Å². The molecule has 36 heavy (non-hydrogen) atoms. The SMILES string of the molecule is CCCCCCCCCCCCCCCCCC(=O)NC(C)[N+](CC)(CCC#N)CCNCCC#N. The summed E-state index contributed by atoms with van der Waals surface area (Å²) in [4.78, 5) is 12.6. The van der Waals surface area contributed by atoms with E-state index in [1.54, 1.807) is 0 Å². The van der Waals surface area contributed by atoms with E-state index in [-0.39, 0.29) is 12.1 Å². The van der Waals surface area contributed by atoms with Crippen LogP contribution in [-0.4, -0.2) is 49.3 Å². The molecular formula is C30H58N5O+. The third-order valence-electron chi connectivity index (χ3n) is 7.65. The van der Waals surface area contributed by atoms with Crippen molar-refractivity contribution in [3.63, 3.8) is 0 Å². The Morgan fingerprint density at radius 2 is 1.22 bits per heavy atom. The lowest BCUT2D eigenvalue weighted by Gasteiger charge is -2.42. The Hall–Kier alpha value is -1.63. The summed E-state index contributed by atoms with van der Waals surface area (Å²) in [5.74, 6) is 0.127. The Labute approximate surface area is 223 Å². The van der Waals surface area contributed by atoms with Gasteiger partial charge in [0.1, 0.15) is 0 Å². The number of nitriles is 2. The molecule has 6 nitrogen and oxygen atoms in total. The fraction of sp³-hybridized carbons (Fsp3) is 0.900. The molecule has 2 N–H and O–H groups in total. The molecule has 0 heterocycles. The molecular weight excluding hydrogens is 446 g/mol. The number of carbonyl (C=O) groups is 1. The third kappa shape index (κ3) is 18.6. The van der Waals surface area contributed by atoms with Gasteiger partial charge in [0.25, 0.3) is 0 Å². The Morgan fingerprint density at radius 3 is 1.69 bits per heavy atom. The average molecular weight is 505 g/mol. The standard InChI is InChI=1S/C30H57N5O/c1-4-6-7-8-9-10-11-12-13-14-15-16-17-18-19-22-30(36)34-29(3)35(5-2,27-21-24-32)28-26-33-25-20-23-31/h29,33H,4-22,25-28H2,1-3H3/p+1. The molecule has 208 valence electrons. The van der Waals surface area contributed by atoms with Crippen molar-refractivity contribution in [2.75, 3.05) is 32.7 Å². The summed E-state index contributed by atoms with van der Waals surface area (Å²) in [6.07, 6.45) is 21.4. The zero-order valence-electron chi connectivity index (χ0n) is 24.1. The highest BCUT2D eigenvalue weighted by Crippen LogP contribution is 2.15. The van der Waals surface area contributed by atoms with Crippen LogP contribution < -0.4 is 10.6 Å². The quantitative estimate of drug-likeness (QED) is 0.0756. The summed E-state index contributed by atoms with van der Waals surface area (Å²) in [6, 6.07) is 4.42. The highest BCUT2D eigenvalue weighted by Gasteiger charge is 2.32. The van der Waals surface area contributed by atoms with Crippen LogP contribution in [0.4, 0.5) is 0 Å². The summed E-state index contributed by atoms with van der Waals surface area (Å²) < 4.78 is 0.692. The largest absolute Gasteiger partial charge is 0.310 e. The van der Waals surface area contributed by atoms with Gasteiger partial charge >= 0.3 is 0 Å². The molecule has 0 rings (SSSR count). The third-order valence-corrected chi connectivity index (χ3v) is 7.65. The molecule has 0 aromatic heterocycles. The highest BCUT2D eigenvalue weighted by atomic mass is 16.1. The van der Waals surface area contributed by atoms with Crippen molar-refractivity contribution in [3.05, 3.63) is 0 Å². The van der Waals surface area contributed by atoms with Crippen molar-refractivity contribution in [2.24, 2.45) is 0 Å². The van der Waals surface area contributed by atoms with Gasteiger partial charge in [0.05, 0.1) is 38.2 Å². The Kier molecular flexibility index (Phi) is 23.9. The smallest absolute Gasteiger partial charge is 0.224 e. The van der Waals surface area contributed by atoms with Gasteiger partial charge in [0.15, 0.2) is 6.17 Å². The highest BCUT2D eigenvalue weighted by molar-refractivity contribution is 5.75. The number of likely N-dealkylation sites (N-methyl/N-ethyl adjacent to an activating group) is 1. The van der Waals surface area contributed by atoms with Crippen LogP contribution in [0.25, 0.3) is 0 Å². The zero-order valence-corrected chi connectivity index (χ0v) is 24.1. The first kappa shape index (κ1) is 34.4. The maximum Gasteiger partial charge on any atom is 0.224 e. The molecule has 0 aliphatic rings. The maximum absolute atomic E-state index is 12.6. The Bertz CT molecular complexity index is 597. The molecule has 0 aromatic rings. The number of hydrogen-bond donors (Lipinski definition) is 2. The maximum atomic E-state index is 12.6. The topological polar surface area (TPSA) is 88.7 Å². The minimum absolute atomic E-state index is 0.0232. The molecule has 2 atom stereocenters. The predicted octanol–water partition coefficient (Wildman–Crippen LogP) is 6.96. The van der Waals surface area contributed by atoms with Crippen molar-refractivity contribution in [2.45, 2.75) is 143 Å². The summed E-state index contributed by atoms with van der Waals surface area (Å²) >= 11 is 0. The molecule has 0 saturated heterocycles. The Morgan fingerprint density at radius 1 is 0.722 bits per heavy atom.